The van der Waals surface area contributed by atoms with E-state index in [0.717, 1.165) is 29.7 Å². The van der Waals surface area contributed by atoms with Crippen LogP contribution in [0, 0.1) is 6.92 Å². The van der Waals surface area contributed by atoms with Crippen molar-refractivity contribution in [2.75, 3.05) is 18.6 Å². The molecule has 36 heavy (non-hydrogen) atoms. The van der Waals surface area contributed by atoms with Gasteiger partial charge in [-0.2, -0.15) is 0 Å². The van der Waals surface area contributed by atoms with Crippen LogP contribution in [0.4, 0.5) is 10.5 Å². The van der Waals surface area contributed by atoms with Crippen LogP contribution >= 0.6 is 0 Å². The molecule has 0 spiro atoms. The maximum absolute atomic E-state index is 13.7. The van der Waals surface area contributed by atoms with Gasteiger partial charge in [0.2, 0.25) is 5.91 Å². The third-order valence-corrected chi connectivity index (χ3v) is 7.66. The molecule has 0 saturated heterocycles. The summed E-state index contributed by atoms with van der Waals surface area (Å²) in [6.45, 7) is 2.14. The average molecular weight is 508 g/mol. The lowest BCUT2D eigenvalue weighted by Crippen LogP contribution is -2.54. The van der Waals surface area contributed by atoms with Gasteiger partial charge < -0.3 is 15.0 Å². The number of hydrogen-bond acceptors (Lipinski definition) is 5. The molecule has 0 fully saturated rings. The van der Waals surface area contributed by atoms with E-state index in [2.05, 4.69) is 10.0 Å². The van der Waals surface area contributed by atoms with Crippen molar-refractivity contribution < 1.29 is 22.7 Å². The fraction of sp³-hybridized carbons (Fsp3) is 0.259. The van der Waals surface area contributed by atoms with E-state index >= 15 is 0 Å². The predicted molar refractivity (Wildman–Crippen MR) is 138 cm³/mol. The molecule has 3 amide bonds. The van der Waals surface area contributed by atoms with Crippen LogP contribution in [0.1, 0.15) is 23.1 Å². The standard InChI is InChI=1S/C27H29N3O5S/c1-19-9-6-7-13-25(19)36(33,34)29-27(32)28-23(17-20-10-4-3-5-11-20)26(31)30-16-8-12-21-18-22(35-2)14-15-24(21)30/h3-7,9-11,13-15,18,23H,8,12,16-17H2,1-2H3,(H2,28,29,32)/t23-/m0/s1. The molecule has 188 valence electrons. The molecule has 3 aromatic carbocycles. The number of hydrogen-bond donors (Lipinski definition) is 2. The van der Waals surface area contributed by atoms with E-state index in [-0.39, 0.29) is 17.2 Å². The van der Waals surface area contributed by atoms with Crippen LogP contribution in [-0.4, -0.2) is 40.1 Å². The summed E-state index contributed by atoms with van der Waals surface area (Å²) in [5.41, 5.74) is 3.10. The van der Waals surface area contributed by atoms with Crippen molar-refractivity contribution >= 4 is 27.6 Å². The number of carbonyl (C=O) groups is 2. The lowest BCUT2D eigenvalue weighted by molar-refractivity contribution is -0.120. The molecule has 2 N–H and O–H groups in total. The fourth-order valence-corrected chi connectivity index (χ4v) is 5.55. The zero-order chi connectivity index (χ0) is 25.7. The molecular formula is C27H29N3O5S. The summed E-state index contributed by atoms with van der Waals surface area (Å²) in [5, 5.41) is 2.62. The van der Waals surface area contributed by atoms with Gasteiger partial charge in [-0.3, -0.25) is 4.79 Å². The maximum atomic E-state index is 13.7. The molecule has 3 aromatic rings. The first kappa shape index (κ1) is 25.2. The Balaban J connectivity index is 1.59. The molecule has 0 unspecified atom stereocenters. The minimum absolute atomic E-state index is 0.00462. The lowest BCUT2D eigenvalue weighted by Gasteiger charge is -2.33. The molecule has 1 aliphatic heterocycles. The summed E-state index contributed by atoms with van der Waals surface area (Å²) >= 11 is 0. The number of nitrogens with one attached hydrogen (secondary N) is 2. The molecule has 1 heterocycles. The number of methoxy groups -OCH3 is 1. The highest BCUT2D eigenvalue weighted by atomic mass is 32.2. The third kappa shape index (κ3) is 5.68. The number of urea groups is 1. The number of fused-ring (bicyclic) bond motifs is 1. The third-order valence-electron chi connectivity index (χ3n) is 6.17. The van der Waals surface area contributed by atoms with E-state index in [0.29, 0.717) is 17.9 Å². The Kier molecular flexibility index (Phi) is 7.59. The molecule has 0 radical (unpaired) electrons. The van der Waals surface area contributed by atoms with Gasteiger partial charge in [0, 0.05) is 18.7 Å². The fourth-order valence-electron chi connectivity index (χ4n) is 4.39. The van der Waals surface area contributed by atoms with Gasteiger partial charge in [-0.1, -0.05) is 48.5 Å². The van der Waals surface area contributed by atoms with Crippen molar-refractivity contribution in [2.24, 2.45) is 0 Å². The van der Waals surface area contributed by atoms with Gasteiger partial charge >= 0.3 is 6.03 Å². The number of sulfonamides is 1. The van der Waals surface area contributed by atoms with Crippen molar-refractivity contribution in [1.29, 1.82) is 0 Å². The molecule has 1 aliphatic rings. The van der Waals surface area contributed by atoms with Gasteiger partial charge in [0.25, 0.3) is 10.0 Å². The van der Waals surface area contributed by atoms with Gasteiger partial charge in [-0.15, -0.1) is 0 Å². The van der Waals surface area contributed by atoms with Gasteiger partial charge in [0.05, 0.1) is 12.0 Å². The summed E-state index contributed by atoms with van der Waals surface area (Å²) in [6.07, 6.45) is 1.78. The number of anilines is 1. The van der Waals surface area contributed by atoms with Crippen LogP contribution in [0.25, 0.3) is 0 Å². The van der Waals surface area contributed by atoms with Crippen molar-refractivity contribution in [3.63, 3.8) is 0 Å². The summed E-state index contributed by atoms with van der Waals surface area (Å²) in [7, 11) is -2.52. The van der Waals surface area contributed by atoms with Crippen molar-refractivity contribution in [3.8, 4) is 5.75 Å². The molecule has 8 nitrogen and oxygen atoms in total. The van der Waals surface area contributed by atoms with Crippen LogP contribution in [-0.2, 0) is 27.7 Å². The Bertz CT molecular complexity index is 1360. The van der Waals surface area contributed by atoms with Gasteiger partial charge in [-0.25, -0.2) is 17.9 Å². The van der Waals surface area contributed by atoms with E-state index in [1.807, 2.05) is 42.5 Å². The first-order valence-corrected chi connectivity index (χ1v) is 13.2. The Morgan fingerprint density at radius 2 is 1.75 bits per heavy atom. The van der Waals surface area contributed by atoms with E-state index < -0.39 is 22.1 Å². The van der Waals surface area contributed by atoms with Crippen LogP contribution in [0.15, 0.2) is 77.7 Å². The molecule has 0 aromatic heterocycles. The van der Waals surface area contributed by atoms with Crippen molar-refractivity contribution in [1.82, 2.24) is 10.0 Å². The first-order chi connectivity index (χ1) is 17.3. The summed E-state index contributed by atoms with van der Waals surface area (Å²) in [6, 6.07) is 19.3. The lowest BCUT2D eigenvalue weighted by atomic mass is 9.99. The summed E-state index contributed by atoms with van der Waals surface area (Å²) in [4.78, 5) is 28.3. The molecule has 0 aliphatic carbocycles. The number of amides is 3. The van der Waals surface area contributed by atoms with E-state index in [1.54, 1.807) is 43.2 Å². The number of rotatable bonds is 7. The predicted octanol–water partition coefficient (Wildman–Crippen LogP) is 3.58. The van der Waals surface area contributed by atoms with Crippen LogP contribution in [0.5, 0.6) is 5.75 Å². The number of nitrogens with zero attached hydrogens (tertiary/aromatic N) is 1. The Hall–Kier alpha value is -3.85. The number of benzene rings is 3. The molecule has 4 rings (SSSR count). The number of carbonyl (C=O) groups excluding carboxylic acids is 2. The van der Waals surface area contributed by atoms with E-state index in [4.69, 9.17) is 4.74 Å². The Labute approximate surface area is 211 Å². The minimum Gasteiger partial charge on any atom is -0.497 e. The molecule has 1 atom stereocenters. The molecular weight excluding hydrogens is 478 g/mol. The van der Waals surface area contributed by atoms with Gasteiger partial charge in [0.1, 0.15) is 11.8 Å². The SMILES string of the molecule is COc1ccc2c(c1)CCCN2C(=O)[C@H](Cc1ccccc1)NC(=O)NS(=O)(=O)c1ccccc1C. The average Bonchev–Trinajstić information content (AvgIpc) is 2.87. The highest BCUT2D eigenvalue weighted by molar-refractivity contribution is 7.90. The summed E-state index contributed by atoms with van der Waals surface area (Å²) < 4.78 is 33.0. The second-order valence-electron chi connectivity index (χ2n) is 8.67. The van der Waals surface area contributed by atoms with Crippen LogP contribution < -0.4 is 19.7 Å². The number of ether oxygens (including phenoxy) is 1. The normalized spacial score (nSPS) is 13.9. The molecule has 0 bridgehead atoms. The quantitative estimate of drug-likeness (QED) is 0.509. The Morgan fingerprint density at radius 1 is 1.03 bits per heavy atom. The van der Waals surface area contributed by atoms with Gasteiger partial charge in [-0.05, 0) is 60.7 Å². The Morgan fingerprint density at radius 3 is 2.47 bits per heavy atom. The largest absolute Gasteiger partial charge is 0.497 e. The highest BCUT2D eigenvalue weighted by Crippen LogP contribution is 2.31. The second kappa shape index (κ2) is 10.8. The van der Waals surface area contributed by atoms with Crippen molar-refractivity contribution in [3.05, 3.63) is 89.5 Å². The topological polar surface area (TPSA) is 105 Å². The number of aryl methyl sites for hydroxylation is 2. The smallest absolute Gasteiger partial charge is 0.329 e. The van der Waals surface area contributed by atoms with E-state index in [9.17, 15) is 18.0 Å². The maximum Gasteiger partial charge on any atom is 0.329 e. The van der Waals surface area contributed by atoms with Crippen molar-refractivity contribution in [2.45, 2.75) is 37.1 Å². The second-order valence-corrected chi connectivity index (χ2v) is 10.3. The van der Waals surface area contributed by atoms with E-state index in [1.165, 1.54) is 6.07 Å². The van der Waals surface area contributed by atoms with Gasteiger partial charge in [0.15, 0.2) is 0 Å². The first-order valence-electron chi connectivity index (χ1n) is 11.7. The summed E-state index contributed by atoms with van der Waals surface area (Å²) in [5.74, 6) is 0.399. The highest BCUT2D eigenvalue weighted by Gasteiger charge is 2.31. The minimum atomic E-state index is -4.12. The molecule has 0 saturated carbocycles. The molecule has 9 heteroatoms. The van der Waals surface area contributed by atoms with Crippen LogP contribution in [0.2, 0.25) is 0 Å². The monoisotopic (exact) mass is 507 g/mol. The zero-order valence-corrected chi connectivity index (χ0v) is 21.0. The zero-order valence-electron chi connectivity index (χ0n) is 20.2. The van der Waals surface area contributed by atoms with Crippen LogP contribution in [0.3, 0.4) is 0 Å².